The monoisotopic (exact) mass is 409 g/mol. The number of esters is 1. The molecule has 8 nitrogen and oxygen atoms in total. The fourth-order valence-corrected chi connectivity index (χ4v) is 4.02. The summed E-state index contributed by atoms with van der Waals surface area (Å²) in [7, 11) is 4.38. The molecule has 3 heterocycles. The number of benzene rings is 1. The van der Waals surface area contributed by atoms with Gasteiger partial charge in [0.2, 0.25) is 0 Å². The van der Waals surface area contributed by atoms with Gasteiger partial charge >= 0.3 is 5.97 Å². The number of hydrogen-bond donors (Lipinski definition) is 1. The lowest BCUT2D eigenvalue weighted by Gasteiger charge is -2.24. The van der Waals surface area contributed by atoms with Crippen LogP contribution in [0.2, 0.25) is 0 Å². The largest absolute Gasteiger partial charge is 0.493 e. The summed E-state index contributed by atoms with van der Waals surface area (Å²) in [6.45, 7) is 3.77. The van der Waals surface area contributed by atoms with Gasteiger partial charge in [-0.15, -0.1) is 0 Å². The number of nitrogens with zero attached hydrogens (tertiary/aromatic N) is 2. The highest BCUT2D eigenvalue weighted by atomic mass is 16.5. The molecule has 0 bridgehead atoms. The molecule has 1 atom stereocenters. The first-order chi connectivity index (χ1) is 14.4. The number of nitrogens with one attached hydrogen (secondary N) is 1. The number of pyridine rings is 2. The van der Waals surface area contributed by atoms with Crippen molar-refractivity contribution in [3.8, 4) is 11.5 Å². The second-order valence-electron chi connectivity index (χ2n) is 7.40. The molecule has 0 aliphatic heterocycles. The Balaban J connectivity index is 2.28. The molecule has 0 unspecified atom stereocenters. The van der Waals surface area contributed by atoms with Crippen LogP contribution in [0.1, 0.15) is 19.9 Å². The van der Waals surface area contributed by atoms with Gasteiger partial charge in [-0.25, -0.2) is 9.78 Å². The number of carbonyl (C=O) groups excluding carboxylic acids is 1. The highest BCUT2D eigenvalue weighted by Crippen LogP contribution is 2.37. The zero-order valence-electron chi connectivity index (χ0n) is 17.5. The smallest absolute Gasteiger partial charge is 0.329 e. The predicted octanol–water partition coefficient (Wildman–Crippen LogP) is 3.42. The lowest BCUT2D eigenvalue weighted by Crippen LogP contribution is -2.34. The average molecular weight is 409 g/mol. The minimum atomic E-state index is -0.803. The Morgan fingerprint density at radius 2 is 1.70 bits per heavy atom. The molecule has 156 valence electrons. The van der Waals surface area contributed by atoms with Crippen molar-refractivity contribution >= 4 is 38.7 Å². The van der Waals surface area contributed by atoms with E-state index < -0.39 is 12.0 Å². The van der Waals surface area contributed by atoms with Crippen LogP contribution in [-0.2, 0) is 9.53 Å². The van der Waals surface area contributed by atoms with Gasteiger partial charge in [-0.05, 0) is 24.1 Å². The second kappa shape index (κ2) is 7.37. The normalized spacial score (nSPS) is 12.6. The molecular formula is C22H23N3O5. The van der Waals surface area contributed by atoms with Crippen LogP contribution in [0.5, 0.6) is 11.5 Å². The zero-order valence-corrected chi connectivity index (χ0v) is 17.5. The molecule has 1 N–H and O–H groups in total. The summed E-state index contributed by atoms with van der Waals surface area (Å²) in [5, 5.41) is 2.56. The van der Waals surface area contributed by atoms with Gasteiger partial charge in [-0.3, -0.25) is 9.36 Å². The molecule has 0 spiro atoms. The highest BCUT2D eigenvalue weighted by Gasteiger charge is 2.30. The van der Waals surface area contributed by atoms with E-state index in [0.29, 0.717) is 33.4 Å². The van der Waals surface area contributed by atoms with E-state index in [-0.39, 0.29) is 11.5 Å². The summed E-state index contributed by atoms with van der Waals surface area (Å²) in [6.07, 6.45) is 3.46. The molecule has 8 heteroatoms. The van der Waals surface area contributed by atoms with Crippen molar-refractivity contribution in [2.24, 2.45) is 5.92 Å². The number of ether oxygens (including phenoxy) is 3. The van der Waals surface area contributed by atoms with Crippen LogP contribution < -0.4 is 15.0 Å². The quantitative estimate of drug-likeness (QED) is 0.401. The van der Waals surface area contributed by atoms with Gasteiger partial charge in [0.05, 0.1) is 32.2 Å². The molecule has 1 aromatic carbocycles. The first-order valence-electron chi connectivity index (χ1n) is 9.56. The average Bonchev–Trinajstić information content (AvgIpc) is 3.23. The molecule has 0 radical (unpaired) electrons. The number of hydrogen-bond acceptors (Lipinski definition) is 6. The van der Waals surface area contributed by atoms with Crippen LogP contribution in [0.3, 0.4) is 0 Å². The maximum Gasteiger partial charge on any atom is 0.329 e. The van der Waals surface area contributed by atoms with Crippen molar-refractivity contribution in [2.45, 2.75) is 19.9 Å². The van der Waals surface area contributed by atoms with E-state index in [0.717, 1.165) is 10.8 Å². The van der Waals surface area contributed by atoms with E-state index in [1.165, 1.54) is 18.8 Å². The number of aromatic nitrogens is 3. The van der Waals surface area contributed by atoms with Gasteiger partial charge in [-0.1, -0.05) is 13.8 Å². The second-order valence-corrected chi connectivity index (χ2v) is 7.40. The van der Waals surface area contributed by atoms with E-state index in [1.807, 2.05) is 19.9 Å². The SMILES string of the molecule is COC(=O)[C@@H](C(C)C)n1c(=O)c2cc(OC)c(OC)cc2c2cnc3[nH]ccc3c21. The molecular weight excluding hydrogens is 386 g/mol. The Morgan fingerprint density at radius 3 is 2.30 bits per heavy atom. The highest BCUT2D eigenvalue weighted by molar-refractivity contribution is 6.14. The van der Waals surface area contributed by atoms with E-state index in [4.69, 9.17) is 14.2 Å². The first-order valence-corrected chi connectivity index (χ1v) is 9.56. The van der Waals surface area contributed by atoms with Crippen LogP contribution in [0, 0.1) is 5.92 Å². The van der Waals surface area contributed by atoms with Gasteiger partial charge in [0.1, 0.15) is 11.7 Å². The van der Waals surface area contributed by atoms with Crippen molar-refractivity contribution in [1.29, 1.82) is 0 Å². The van der Waals surface area contributed by atoms with Gasteiger partial charge in [0, 0.05) is 28.6 Å². The minimum absolute atomic E-state index is 0.182. The molecule has 0 fully saturated rings. The zero-order chi connectivity index (χ0) is 21.6. The molecule has 0 saturated carbocycles. The van der Waals surface area contributed by atoms with Gasteiger partial charge in [-0.2, -0.15) is 0 Å². The summed E-state index contributed by atoms with van der Waals surface area (Å²) in [5.74, 6) is 0.278. The molecule has 0 aliphatic rings. The van der Waals surface area contributed by atoms with E-state index in [2.05, 4.69) is 9.97 Å². The summed E-state index contributed by atoms with van der Waals surface area (Å²) < 4.78 is 17.4. The first kappa shape index (κ1) is 19.8. The van der Waals surface area contributed by atoms with Crippen LogP contribution in [-0.4, -0.2) is 41.8 Å². The van der Waals surface area contributed by atoms with Gasteiger partial charge < -0.3 is 19.2 Å². The summed E-state index contributed by atoms with van der Waals surface area (Å²) >= 11 is 0. The fraction of sp³-hybridized carbons (Fsp3) is 0.318. The fourth-order valence-electron chi connectivity index (χ4n) is 4.02. The van der Waals surface area contributed by atoms with Crippen LogP contribution in [0.4, 0.5) is 0 Å². The summed E-state index contributed by atoms with van der Waals surface area (Å²) in [6, 6.07) is 4.46. The lowest BCUT2D eigenvalue weighted by molar-refractivity contribution is -0.145. The molecule has 4 rings (SSSR count). The Hall–Kier alpha value is -3.55. The Morgan fingerprint density at radius 1 is 1.03 bits per heavy atom. The maximum absolute atomic E-state index is 13.8. The minimum Gasteiger partial charge on any atom is -0.493 e. The molecule has 0 amide bonds. The van der Waals surface area contributed by atoms with Crippen LogP contribution in [0.15, 0.2) is 35.4 Å². The van der Waals surface area contributed by atoms with Gasteiger partial charge in [0.15, 0.2) is 11.5 Å². The van der Waals surface area contributed by atoms with Crippen LogP contribution >= 0.6 is 0 Å². The van der Waals surface area contributed by atoms with Crippen molar-refractivity contribution in [3.63, 3.8) is 0 Å². The number of H-pyrrole nitrogens is 1. The maximum atomic E-state index is 13.8. The predicted molar refractivity (Wildman–Crippen MR) is 114 cm³/mol. The molecule has 3 aromatic heterocycles. The van der Waals surface area contributed by atoms with Crippen molar-refractivity contribution in [3.05, 3.63) is 40.9 Å². The third-order valence-corrected chi connectivity index (χ3v) is 5.41. The topological polar surface area (TPSA) is 95.4 Å². The number of methoxy groups -OCH3 is 3. The number of fused-ring (bicyclic) bond motifs is 5. The number of aromatic amines is 1. The van der Waals surface area contributed by atoms with E-state index in [9.17, 15) is 9.59 Å². The Bertz CT molecular complexity index is 1340. The number of carbonyl (C=O) groups is 1. The lowest BCUT2D eigenvalue weighted by atomic mass is 10.00. The van der Waals surface area contributed by atoms with Crippen LogP contribution in [0.25, 0.3) is 32.7 Å². The molecule has 0 aliphatic carbocycles. The van der Waals surface area contributed by atoms with Crippen molar-refractivity contribution in [2.75, 3.05) is 21.3 Å². The van der Waals surface area contributed by atoms with Crippen molar-refractivity contribution in [1.82, 2.24) is 14.5 Å². The Labute approximate surface area is 172 Å². The summed E-state index contributed by atoms with van der Waals surface area (Å²) in [4.78, 5) is 34.1. The molecule has 30 heavy (non-hydrogen) atoms. The number of rotatable bonds is 5. The molecule has 4 aromatic rings. The molecule has 0 saturated heterocycles. The summed E-state index contributed by atoms with van der Waals surface area (Å²) in [5.41, 5.74) is 0.939. The van der Waals surface area contributed by atoms with E-state index in [1.54, 1.807) is 31.6 Å². The van der Waals surface area contributed by atoms with E-state index >= 15 is 0 Å². The third-order valence-electron chi connectivity index (χ3n) is 5.41. The Kier molecular flexibility index (Phi) is 4.85. The van der Waals surface area contributed by atoms with Gasteiger partial charge in [0.25, 0.3) is 5.56 Å². The van der Waals surface area contributed by atoms with Crippen molar-refractivity contribution < 1.29 is 19.0 Å². The third kappa shape index (κ3) is 2.79. The standard InChI is InChI=1S/C22H23N3O5/c1-11(2)18(22(27)30-5)25-19-12-6-7-23-20(12)24-10-15(19)13-8-16(28-3)17(29-4)9-14(13)21(25)26/h6-11,18H,1-5H3,(H,23,24)/t18-/m1/s1.